The Balaban J connectivity index is 2.24. The van der Waals surface area contributed by atoms with Crippen LogP contribution in [0.2, 0.25) is 0 Å². The molecule has 1 saturated carbocycles. The molecule has 0 aliphatic heterocycles. The standard InChI is InChI=1S/C13H27NO2S/c1-12(2)17(15,16)10-9-14-11-13(3)7-5-4-6-8-13/h12,14H,4-11H2,1-3H3. The number of sulfone groups is 1. The van der Waals surface area contributed by atoms with Gasteiger partial charge in [-0.3, -0.25) is 0 Å². The molecule has 3 nitrogen and oxygen atoms in total. The van der Waals surface area contributed by atoms with E-state index in [0.29, 0.717) is 12.0 Å². The van der Waals surface area contributed by atoms with Gasteiger partial charge in [-0.2, -0.15) is 0 Å². The van der Waals surface area contributed by atoms with Crippen LogP contribution >= 0.6 is 0 Å². The van der Waals surface area contributed by atoms with E-state index < -0.39 is 9.84 Å². The van der Waals surface area contributed by atoms with Crippen molar-refractivity contribution in [2.75, 3.05) is 18.8 Å². The molecular weight excluding hydrogens is 234 g/mol. The molecule has 0 aromatic carbocycles. The fourth-order valence-electron chi connectivity index (χ4n) is 2.42. The third kappa shape index (κ3) is 4.96. The van der Waals surface area contributed by atoms with Crippen molar-refractivity contribution < 1.29 is 8.42 Å². The number of nitrogens with one attached hydrogen (secondary N) is 1. The molecule has 0 unspecified atom stereocenters. The van der Waals surface area contributed by atoms with Gasteiger partial charge in [0, 0.05) is 13.1 Å². The van der Waals surface area contributed by atoms with Gasteiger partial charge in [-0.15, -0.1) is 0 Å². The fraction of sp³-hybridized carbons (Fsp3) is 1.00. The molecule has 0 aromatic heterocycles. The van der Waals surface area contributed by atoms with Crippen molar-refractivity contribution >= 4 is 9.84 Å². The van der Waals surface area contributed by atoms with Gasteiger partial charge >= 0.3 is 0 Å². The summed E-state index contributed by atoms with van der Waals surface area (Å²) >= 11 is 0. The molecule has 0 spiro atoms. The lowest BCUT2D eigenvalue weighted by atomic mass is 9.76. The summed E-state index contributed by atoms with van der Waals surface area (Å²) in [6.07, 6.45) is 6.55. The molecule has 0 saturated heterocycles. The Kier molecular flexibility index (Phi) is 5.45. The summed E-state index contributed by atoms with van der Waals surface area (Å²) in [5.74, 6) is 0.265. The highest BCUT2D eigenvalue weighted by Gasteiger charge is 2.26. The van der Waals surface area contributed by atoms with Crippen LogP contribution in [0, 0.1) is 5.41 Å². The average molecular weight is 261 g/mol. The Bertz CT molecular complexity index is 316. The van der Waals surface area contributed by atoms with Gasteiger partial charge in [-0.25, -0.2) is 8.42 Å². The van der Waals surface area contributed by atoms with E-state index in [4.69, 9.17) is 0 Å². The lowest BCUT2D eigenvalue weighted by Crippen LogP contribution is -2.36. The smallest absolute Gasteiger partial charge is 0.153 e. The van der Waals surface area contributed by atoms with Crippen LogP contribution in [0.25, 0.3) is 0 Å². The molecule has 0 heterocycles. The lowest BCUT2D eigenvalue weighted by molar-refractivity contribution is 0.209. The van der Waals surface area contributed by atoms with Crippen molar-refractivity contribution in [3.63, 3.8) is 0 Å². The molecule has 0 amide bonds. The second-order valence-electron chi connectivity index (χ2n) is 5.96. The third-order valence-corrected chi connectivity index (χ3v) is 6.10. The maximum Gasteiger partial charge on any atom is 0.153 e. The van der Waals surface area contributed by atoms with Crippen LogP contribution in [0.5, 0.6) is 0 Å². The quantitative estimate of drug-likeness (QED) is 0.747. The molecule has 0 radical (unpaired) electrons. The molecule has 1 fully saturated rings. The Morgan fingerprint density at radius 3 is 2.29 bits per heavy atom. The molecule has 0 bridgehead atoms. The van der Waals surface area contributed by atoms with Gasteiger partial charge in [0.25, 0.3) is 0 Å². The second kappa shape index (κ2) is 6.19. The fourth-order valence-corrected chi connectivity index (χ4v) is 3.32. The van der Waals surface area contributed by atoms with Gasteiger partial charge in [0.05, 0.1) is 11.0 Å². The molecule has 1 aliphatic rings. The van der Waals surface area contributed by atoms with Gasteiger partial charge in [0.1, 0.15) is 0 Å². The summed E-state index contributed by atoms with van der Waals surface area (Å²) in [6.45, 7) is 7.36. The zero-order valence-corrected chi connectivity index (χ0v) is 12.3. The Labute approximate surface area is 106 Å². The van der Waals surface area contributed by atoms with Crippen LogP contribution in [0.3, 0.4) is 0 Å². The van der Waals surface area contributed by atoms with Gasteiger partial charge in [-0.1, -0.05) is 26.2 Å². The summed E-state index contributed by atoms with van der Waals surface area (Å²) < 4.78 is 23.2. The number of hydrogen-bond donors (Lipinski definition) is 1. The van der Waals surface area contributed by atoms with Crippen molar-refractivity contribution in [2.45, 2.75) is 58.1 Å². The molecule has 1 N–H and O–H groups in total. The Hall–Kier alpha value is -0.0900. The number of rotatable bonds is 6. The van der Waals surface area contributed by atoms with Gasteiger partial charge in [0.2, 0.25) is 0 Å². The Morgan fingerprint density at radius 2 is 1.76 bits per heavy atom. The SMILES string of the molecule is CC(C)S(=O)(=O)CCNCC1(C)CCCCC1. The summed E-state index contributed by atoms with van der Waals surface area (Å²) in [7, 11) is -2.88. The highest BCUT2D eigenvalue weighted by molar-refractivity contribution is 7.92. The van der Waals surface area contributed by atoms with E-state index in [-0.39, 0.29) is 11.0 Å². The summed E-state index contributed by atoms with van der Waals surface area (Å²) in [5.41, 5.74) is 0.389. The van der Waals surface area contributed by atoms with Crippen molar-refractivity contribution in [2.24, 2.45) is 5.41 Å². The normalized spacial score (nSPS) is 20.7. The van der Waals surface area contributed by atoms with E-state index in [2.05, 4.69) is 12.2 Å². The zero-order valence-electron chi connectivity index (χ0n) is 11.5. The average Bonchev–Trinajstić information content (AvgIpc) is 2.25. The number of hydrogen-bond acceptors (Lipinski definition) is 3. The summed E-state index contributed by atoms with van der Waals surface area (Å²) in [4.78, 5) is 0. The molecule has 4 heteroatoms. The molecule has 17 heavy (non-hydrogen) atoms. The van der Waals surface area contributed by atoms with E-state index in [1.54, 1.807) is 13.8 Å². The van der Waals surface area contributed by atoms with E-state index in [1.807, 2.05) is 0 Å². The second-order valence-corrected chi connectivity index (χ2v) is 8.64. The van der Waals surface area contributed by atoms with Crippen molar-refractivity contribution in [3.05, 3.63) is 0 Å². The summed E-state index contributed by atoms with van der Waals surface area (Å²) in [6, 6.07) is 0. The van der Waals surface area contributed by atoms with Gasteiger partial charge in [-0.05, 0) is 32.1 Å². The van der Waals surface area contributed by atoms with Gasteiger partial charge in [0.15, 0.2) is 9.84 Å². The maximum atomic E-state index is 11.6. The largest absolute Gasteiger partial charge is 0.315 e. The van der Waals surface area contributed by atoms with E-state index in [0.717, 1.165) is 6.54 Å². The minimum Gasteiger partial charge on any atom is -0.315 e. The van der Waals surface area contributed by atoms with Crippen LogP contribution < -0.4 is 5.32 Å². The topological polar surface area (TPSA) is 46.2 Å². The van der Waals surface area contributed by atoms with Crippen LogP contribution in [-0.2, 0) is 9.84 Å². The predicted octanol–water partition coefficient (Wildman–Crippen LogP) is 2.37. The maximum absolute atomic E-state index is 11.6. The minimum absolute atomic E-state index is 0.255. The first-order valence-electron chi connectivity index (χ1n) is 6.78. The van der Waals surface area contributed by atoms with Crippen molar-refractivity contribution in [1.29, 1.82) is 0 Å². The van der Waals surface area contributed by atoms with E-state index in [1.165, 1.54) is 32.1 Å². The zero-order chi connectivity index (χ0) is 12.9. The molecule has 102 valence electrons. The molecule has 1 aliphatic carbocycles. The third-order valence-electron chi connectivity index (χ3n) is 3.89. The van der Waals surface area contributed by atoms with Gasteiger partial charge < -0.3 is 5.32 Å². The highest BCUT2D eigenvalue weighted by Crippen LogP contribution is 2.34. The first-order chi connectivity index (χ1) is 7.86. The van der Waals surface area contributed by atoms with E-state index in [9.17, 15) is 8.42 Å². The lowest BCUT2D eigenvalue weighted by Gasteiger charge is -2.33. The van der Waals surface area contributed by atoms with Crippen molar-refractivity contribution in [3.8, 4) is 0 Å². The van der Waals surface area contributed by atoms with Crippen LogP contribution in [0.1, 0.15) is 52.9 Å². The summed E-state index contributed by atoms with van der Waals surface area (Å²) in [5, 5.41) is 3.07. The van der Waals surface area contributed by atoms with Crippen LogP contribution in [-0.4, -0.2) is 32.5 Å². The Morgan fingerprint density at radius 1 is 1.18 bits per heavy atom. The van der Waals surface area contributed by atoms with Crippen LogP contribution in [0.4, 0.5) is 0 Å². The van der Waals surface area contributed by atoms with Crippen LogP contribution in [0.15, 0.2) is 0 Å². The molecule has 0 aromatic rings. The minimum atomic E-state index is -2.88. The van der Waals surface area contributed by atoms with E-state index >= 15 is 0 Å². The first-order valence-corrected chi connectivity index (χ1v) is 8.50. The molecule has 1 rings (SSSR count). The first kappa shape index (κ1) is 15.0. The molecule has 0 atom stereocenters. The highest BCUT2D eigenvalue weighted by atomic mass is 32.2. The predicted molar refractivity (Wildman–Crippen MR) is 73.0 cm³/mol. The monoisotopic (exact) mass is 261 g/mol. The molecular formula is C13H27NO2S. The van der Waals surface area contributed by atoms with Crippen molar-refractivity contribution in [1.82, 2.24) is 5.32 Å².